The molecule has 0 bridgehead atoms. The number of imidazole rings is 1. The summed E-state index contributed by atoms with van der Waals surface area (Å²) >= 11 is 5.98. The number of rotatable bonds is 5. The average molecular weight is 483 g/mol. The maximum Gasteiger partial charge on any atom is 0.222 e. The molecule has 0 saturated carbocycles. The maximum atomic E-state index is 14.1. The highest BCUT2D eigenvalue weighted by molar-refractivity contribution is 6.29. The van der Waals surface area contributed by atoms with Gasteiger partial charge in [0.05, 0.1) is 18.5 Å². The number of ether oxygens (including phenoxy) is 1. The first-order chi connectivity index (χ1) is 16.4. The van der Waals surface area contributed by atoms with Crippen molar-refractivity contribution in [2.24, 2.45) is 0 Å². The Bertz CT molecular complexity index is 1390. The molecule has 2 atom stereocenters. The van der Waals surface area contributed by atoms with E-state index in [9.17, 15) is 8.78 Å². The van der Waals surface area contributed by atoms with Crippen molar-refractivity contribution in [2.75, 3.05) is 25.2 Å². The molecule has 1 aliphatic carbocycles. The summed E-state index contributed by atoms with van der Waals surface area (Å²) in [7, 11) is 3.35. The minimum absolute atomic E-state index is 0.112. The number of halogens is 3. The van der Waals surface area contributed by atoms with Crippen molar-refractivity contribution >= 4 is 23.4 Å². The average Bonchev–Trinajstić information content (AvgIpc) is 3.43. The second kappa shape index (κ2) is 8.57. The topological polar surface area (TPSA) is 90.9 Å². The van der Waals surface area contributed by atoms with E-state index in [4.69, 9.17) is 22.1 Å². The minimum atomic E-state index is -0.900. The van der Waals surface area contributed by atoms with Gasteiger partial charge in [-0.3, -0.25) is 0 Å². The third-order valence-corrected chi connectivity index (χ3v) is 6.36. The zero-order chi connectivity index (χ0) is 24.0. The molecular weight excluding hydrogens is 462 g/mol. The zero-order valence-electron chi connectivity index (χ0n) is 18.4. The molecule has 174 valence electrons. The predicted molar refractivity (Wildman–Crippen MR) is 126 cm³/mol. The van der Waals surface area contributed by atoms with Gasteiger partial charge >= 0.3 is 0 Å². The van der Waals surface area contributed by atoms with Crippen LogP contribution in [0.1, 0.15) is 40.6 Å². The molecule has 0 saturated heterocycles. The number of benzene rings is 2. The highest BCUT2D eigenvalue weighted by atomic mass is 35.5. The maximum absolute atomic E-state index is 14.1. The molecule has 0 spiro atoms. The van der Waals surface area contributed by atoms with E-state index in [1.165, 1.54) is 6.07 Å². The smallest absolute Gasteiger partial charge is 0.222 e. The Morgan fingerprint density at radius 2 is 1.85 bits per heavy atom. The molecule has 4 aromatic rings. The molecule has 2 aromatic carbocycles. The van der Waals surface area contributed by atoms with Gasteiger partial charge in [0.15, 0.2) is 11.6 Å². The lowest BCUT2D eigenvalue weighted by molar-refractivity contribution is 0.412. The van der Waals surface area contributed by atoms with Crippen LogP contribution in [0.15, 0.2) is 48.9 Å². The summed E-state index contributed by atoms with van der Waals surface area (Å²) in [6.07, 6.45) is 3.88. The van der Waals surface area contributed by atoms with Gasteiger partial charge in [0.1, 0.15) is 23.0 Å². The van der Waals surface area contributed by atoms with Gasteiger partial charge in [-0.2, -0.15) is 4.98 Å². The zero-order valence-corrected chi connectivity index (χ0v) is 19.1. The first-order valence-electron chi connectivity index (χ1n) is 10.6. The van der Waals surface area contributed by atoms with Gasteiger partial charge in [0.25, 0.3) is 0 Å². The van der Waals surface area contributed by atoms with E-state index in [2.05, 4.69) is 20.3 Å². The van der Waals surface area contributed by atoms with Crippen LogP contribution in [0.25, 0.3) is 5.69 Å². The van der Waals surface area contributed by atoms with Crippen LogP contribution in [0, 0.1) is 11.6 Å². The van der Waals surface area contributed by atoms with E-state index >= 15 is 0 Å². The van der Waals surface area contributed by atoms with Gasteiger partial charge in [-0.25, -0.2) is 18.7 Å². The van der Waals surface area contributed by atoms with Crippen molar-refractivity contribution < 1.29 is 13.5 Å². The molecular formula is C24H21ClF2N6O. The van der Waals surface area contributed by atoms with Crippen LogP contribution in [0.4, 0.5) is 20.5 Å². The van der Waals surface area contributed by atoms with Crippen molar-refractivity contribution in [3.05, 3.63) is 88.1 Å². The summed E-state index contributed by atoms with van der Waals surface area (Å²) in [6.45, 7) is 0. The Labute approximate surface area is 199 Å². The molecule has 2 heterocycles. The van der Waals surface area contributed by atoms with E-state index in [1.807, 2.05) is 18.2 Å². The van der Waals surface area contributed by atoms with E-state index in [1.54, 1.807) is 37.3 Å². The second-order valence-electron chi connectivity index (χ2n) is 8.03. The molecule has 3 N–H and O–H groups in total. The summed E-state index contributed by atoms with van der Waals surface area (Å²) in [4.78, 5) is 12.9. The van der Waals surface area contributed by atoms with Crippen LogP contribution in [0.2, 0.25) is 5.15 Å². The Morgan fingerprint density at radius 3 is 2.53 bits per heavy atom. The monoisotopic (exact) mass is 482 g/mol. The van der Waals surface area contributed by atoms with Crippen molar-refractivity contribution in [3.63, 3.8) is 0 Å². The van der Waals surface area contributed by atoms with Gasteiger partial charge in [0, 0.05) is 30.6 Å². The molecule has 0 radical (unpaired) electrons. The van der Waals surface area contributed by atoms with E-state index in [0.717, 1.165) is 22.9 Å². The fourth-order valence-corrected chi connectivity index (χ4v) is 4.80. The standard InChI is InChI=1S/C24H21ClF2N6O/c1-29-23-21-14(13-4-6-18(19(8-13)34-2)33-10-20(25)30-11-33)9-15(22(21)31-24(28)32-23)12-3-5-16(26)17(27)7-12/h3-8,10-11,14-15H,9H2,1-2H3,(H3,28,29,31,32). The molecule has 2 unspecified atom stereocenters. The summed E-state index contributed by atoms with van der Waals surface area (Å²) in [5.41, 5.74) is 9.91. The fraction of sp³-hybridized carbons (Fsp3) is 0.208. The molecule has 2 aromatic heterocycles. The SMILES string of the molecule is CNc1nc(N)nc2c1C(c1ccc(-n3cnc(Cl)c3)c(OC)c1)CC2c1ccc(F)c(F)c1. The van der Waals surface area contributed by atoms with E-state index in [0.29, 0.717) is 34.4 Å². The third-order valence-electron chi connectivity index (χ3n) is 6.16. The molecule has 0 amide bonds. The summed E-state index contributed by atoms with van der Waals surface area (Å²) in [6, 6.07) is 9.79. The molecule has 7 nitrogen and oxygen atoms in total. The molecule has 34 heavy (non-hydrogen) atoms. The minimum Gasteiger partial charge on any atom is -0.495 e. The van der Waals surface area contributed by atoms with Crippen LogP contribution >= 0.6 is 11.6 Å². The first-order valence-corrected chi connectivity index (χ1v) is 10.9. The van der Waals surface area contributed by atoms with E-state index in [-0.39, 0.29) is 17.8 Å². The fourth-order valence-electron chi connectivity index (χ4n) is 4.65. The molecule has 0 aliphatic heterocycles. The van der Waals surface area contributed by atoms with Gasteiger partial charge in [-0.15, -0.1) is 0 Å². The van der Waals surface area contributed by atoms with Crippen LogP contribution in [-0.2, 0) is 0 Å². The lowest BCUT2D eigenvalue weighted by Gasteiger charge is -2.18. The number of nitrogen functional groups attached to an aromatic ring is 1. The summed E-state index contributed by atoms with van der Waals surface area (Å²) in [5.74, 6) is -0.869. The number of methoxy groups -OCH3 is 1. The number of aromatic nitrogens is 4. The Morgan fingerprint density at radius 1 is 1.09 bits per heavy atom. The number of hydrogen-bond acceptors (Lipinski definition) is 6. The number of nitrogens with two attached hydrogens (primary N) is 1. The van der Waals surface area contributed by atoms with Crippen LogP contribution in [-0.4, -0.2) is 33.7 Å². The van der Waals surface area contributed by atoms with Gasteiger partial charge in [0.2, 0.25) is 5.95 Å². The number of nitrogens with zero attached hydrogens (tertiary/aromatic N) is 4. The van der Waals surface area contributed by atoms with Crippen molar-refractivity contribution in [1.29, 1.82) is 0 Å². The molecule has 5 rings (SSSR count). The normalized spacial score (nSPS) is 17.0. The van der Waals surface area contributed by atoms with Crippen molar-refractivity contribution in [2.45, 2.75) is 18.3 Å². The van der Waals surface area contributed by atoms with Crippen LogP contribution in [0.3, 0.4) is 0 Å². The van der Waals surface area contributed by atoms with Crippen molar-refractivity contribution in [3.8, 4) is 11.4 Å². The van der Waals surface area contributed by atoms with E-state index < -0.39 is 11.6 Å². The summed E-state index contributed by atoms with van der Waals surface area (Å²) < 4.78 is 35.1. The van der Waals surface area contributed by atoms with Gasteiger partial charge in [-0.1, -0.05) is 23.7 Å². The quantitative estimate of drug-likeness (QED) is 0.420. The van der Waals surface area contributed by atoms with Crippen LogP contribution in [0.5, 0.6) is 5.75 Å². The largest absolute Gasteiger partial charge is 0.495 e. The number of nitrogens with one attached hydrogen (secondary N) is 1. The molecule has 10 heteroatoms. The Balaban J connectivity index is 1.63. The lowest BCUT2D eigenvalue weighted by Crippen LogP contribution is -2.09. The number of fused-ring (bicyclic) bond motifs is 1. The molecule has 1 aliphatic rings. The predicted octanol–water partition coefficient (Wildman–Crippen LogP) is 4.89. The Hall–Kier alpha value is -3.72. The number of hydrogen-bond donors (Lipinski definition) is 2. The third kappa shape index (κ3) is 3.71. The van der Waals surface area contributed by atoms with Gasteiger partial charge < -0.3 is 20.4 Å². The summed E-state index contributed by atoms with van der Waals surface area (Å²) in [5, 5.41) is 3.48. The lowest BCUT2D eigenvalue weighted by atomic mass is 9.90. The highest BCUT2D eigenvalue weighted by Crippen LogP contribution is 2.50. The van der Waals surface area contributed by atoms with Crippen molar-refractivity contribution in [1.82, 2.24) is 19.5 Å². The Kier molecular flexibility index (Phi) is 5.57. The number of anilines is 2. The van der Waals surface area contributed by atoms with Gasteiger partial charge in [-0.05, 0) is 41.8 Å². The highest BCUT2D eigenvalue weighted by Gasteiger charge is 2.38. The first kappa shape index (κ1) is 22.1. The second-order valence-corrected chi connectivity index (χ2v) is 8.42. The molecule has 0 fully saturated rings. The van der Waals surface area contributed by atoms with Crippen LogP contribution < -0.4 is 15.8 Å².